The van der Waals surface area contributed by atoms with Crippen molar-refractivity contribution in [3.8, 4) is 0 Å². The van der Waals surface area contributed by atoms with Gasteiger partial charge in [-0.15, -0.1) is 0 Å². The number of benzene rings is 1. The van der Waals surface area contributed by atoms with E-state index >= 15 is 0 Å². The normalized spacial score (nSPS) is 12.0. The predicted molar refractivity (Wildman–Crippen MR) is 99.0 cm³/mol. The highest BCUT2D eigenvalue weighted by Crippen LogP contribution is 2.24. The maximum atomic E-state index is 14.8. The SMILES string of the molecule is CCCCCCCc1c(F)c(F)c(F)c(F)c1[Si](OCC)(OCC)OCC. The van der Waals surface area contributed by atoms with E-state index in [0.717, 1.165) is 25.7 Å². The summed E-state index contributed by atoms with van der Waals surface area (Å²) in [5, 5.41) is -0.417. The molecule has 156 valence electrons. The molecule has 0 fully saturated rings. The monoisotopic (exact) mass is 410 g/mol. The van der Waals surface area contributed by atoms with Crippen LogP contribution >= 0.6 is 0 Å². The van der Waals surface area contributed by atoms with Crippen molar-refractivity contribution >= 4 is 14.0 Å². The number of hydrogen-bond acceptors (Lipinski definition) is 3. The molecule has 1 aromatic carbocycles. The van der Waals surface area contributed by atoms with E-state index in [1.54, 1.807) is 20.8 Å². The molecule has 0 saturated carbocycles. The van der Waals surface area contributed by atoms with Crippen molar-refractivity contribution in [2.24, 2.45) is 0 Å². The van der Waals surface area contributed by atoms with Gasteiger partial charge < -0.3 is 13.3 Å². The van der Waals surface area contributed by atoms with Crippen molar-refractivity contribution < 1.29 is 30.8 Å². The van der Waals surface area contributed by atoms with Crippen LogP contribution < -0.4 is 5.19 Å². The Bertz CT molecular complexity index is 582. The first-order chi connectivity index (χ1) is 12.9. The lowest BCUT2D eigenvalue weighted by Crippen LogP contribution is -2.60. The van der Waals surface area contributed by atoms with Crippen molar-refractivity contribution in [2.45, 2.75) is 66.2 Å². The summed E-state index contributed by atoms with van der Waals surface area (Å²) in [6.45, 7) is 7.32. The Morgan fingerprint density at radius 2 is 1.11 bits per heavy atom. The zero-order valence-corrected chi connectivity index (χ0v) is 17.6. The van der Waals surface area contributed by atoms with Crippen molar-refractivity contribution in [3.63, 3.8) is 0 Å². The smallest absolute Gasteiger partial charge is 0.370 e. The molecule has 0 aliphatic carbocycles. The van der Waals surface area contributed by atoms with E-state index in [0.29, 0.717) is 6.42 Å². The van der Waals surface area contributed by atoms with Gasteiger partial charge in [0, 0.05) is 25.4 Å². The van der Waals surface area contributed by atoms with Crippen LogP contribution in [0.15, 0.2) is 0 Å². The largest absolute Gasteiger partial charge is 0.540 e. The zero-order valence-electron chi connectivity index (χ0n) is 16.6. The summed E-state index contributed by atoms with van der Waals surface area (Å²) < 4.78 is 74.2. The van der Waals surface area contributed by atoms with Crippen LogP contribution in [0.2, 0.25) is 0 Å². The van der Waals surface area contributed by atoms with E-state index in [-0.39, 0.29) is 31.8 Å². The lowest BCUT2D eigenvalue weighted by molar-refractivity contribution is 0.0846. The molecule has 1 aromatic rings. The molecule has 0 amide bonds. The van der Waals surface area contributed by atoms with Crippen LogP contribution in [0.5, 0.6) is 0 Å². The first-order valence-corrected chi connectivity index (χ1v) is 11.4. The molecule has 0 unspecified atom stereocenters. The summed E-state index contributed by atoms with van der Waals surface area (Å²) in [7, 11) is -3.94. The van der Waals surface area contributed by atoms with Gasteiger partial charge in [0.25, 0.3) is 0 Å². The minimum absolute atomic E-state index is 0.0565. The van der Waals surface area contributed by atoms with Gasteiger partial charge in [0.15, 0.2) is 23.3 Å². The van der Waals surface area contributed by atoms with Gasteiger partial charge in [-0.25, -0.2) is 17.6 Å². The van der Waals surface area contributed by atoms with Crippen LogP contribution in [0.1, 0.15) is 65.4 Å². The molecule has 0 saturated heterocycles. The van der Waals surface area contributed by atoms with E-state index in [9.17, 15) is 17.6 Å². The standard InChI is InChI=1S/C19H30F4O3Si/c1-5-9-10-11-12-13-14-15(20)16(21)17(22)18(23)19(14)27(24-6-2,25-7-3)26-8-4/h5-13H2,1-4H3. The van der Waals surface area contributed by atoms with E-state index < -0.39 is 37.3 Å². The highest BCUT2D eigenvalue weighted by Gasteiger charge is 2.49. The van der Waals surface area contributed by atoms with Crippen LogP contribution in [-0.4, -0.2) is 28.6 Å². The summed E-state index contributed by atoms with van der Waals surface area (Å²) in [5.74, 6) is -6.56. The van der Waals surface area contributed by atoms with Gasteiger partial charge in [0.2, 0.25) is 0 Å². The second kappa shape index (κ2) is 11.8. The van der Waals surface area contributed by atoms with Crippen LogP contribution in [-0.2, 0) is 19.7 Å². The molecule has 27 heavy (non-hydrogen) atoms. The third kappa shape index (κ3) is 5.76. The second-order valence-electron chi connectivity index (χ2n) is 6.13. The minimum Gasteiger partial charge on any atom is -0.370 e. The second-order valence-corrected chi connectivity index (χ2v) is 8.61. The van der Waals surface area contributed by atoms with Crippen molar-refractivity contribution in [1.29, 1.82) is 0 Å². The van der Waals surface area contributed by atoms with Gasteiger partial charge in [0.05, 0.1) is 5.19 Å². The molecule has 0 bridgehead atoms. The highest BCUT2D eigenvalue weighted by atomic mass is 28.4. The van der Waals surface area contributed by atoms with Gasteiger partial charge >= 0.3 is 8.80 Å². The Hall–Kier alpha value is -0.963. The van der Waals surface area contributed by atoms with E-state index in [4.69, 9.17) is 13.3 Å². The van der Waals surface area contributed by atoms with Crippen molar-refractivity contribution in [2.75, 3.05) is 19.8 Å². The maximum absolute atomic E-state index is 14.8. The van der Waals surface area contributed by atoms with Crippen molar-refractivity contribution in [1.82, 2.24) is 0 Å². The van der Waals surface area contributed by atoms with Crippen LogP contribution in [0.25, 0.3) is 0 Å². The van der Waals surface area contributed by atoms with Gasteiger partial charge in [0.1, 0.15) is 0 Å². The number of rotatable bonds is 13. The average molecular weight is 411 g/mol. The summed E-state index contributed by atoms with van der Waals surface area (Å²) in [4.78, 5) is 0. The Morgan fingerprint density at radius 3 is 1.59 bits per heavy atom. The fraction of sp³-hybridized carbons (Fsp3) is 0.684. The molecule has 0 spiro atoms. The molecule has 8 heteroatoms. The van der Waals surface area contributed by atoms with Gasteiger partial charge in [-0.3, -0.25) is 0 Å². The van der Waals surface area contributed by atoms with Crippen LogP contribution in [0.4, 0.5) is 17.6 Å². The molecular formula is C19H30F4O3Si. The first-order valence-electron chi connectivity index (χ1n) is 9.67. The zero-order chi connectivity index (χ0) is 20.4. The van der Waals surface area contributed by atoms with Crippen LogP contribution in [0, 0.1) is 23.3 Å². The predicted octanol–water partition coefficient (Wildman–Crippen LogP) is 5.01. The molecule has 0 N–H and O–H groups in total. The summed E-state index contributed by atoms with van der Waals surface area (Å²) in [6, 6.07) is 0. The lowest BCUT2D eigenvalue weighted by Gasteiger charge is -2.31. The molecule has 0 atom stereocenters. The van der Waals surface area contributed by atoms with Crippen LogP contribution in [0.3, 0.4) is 0 Å². The Kier molecular flexibility index (Phi) is 10.5. The maximum Gasteiger partial charge on any atom is 0.540 e. The molecule has 0 aliphatic rings. The molecule has 0 radical (unpaired) electrons. The van der Waals surface area contributed by atoms with E-state index in [2.05, 4.69) is 6.92 Å². The summed E-state index contributed by atoms with van der Waals surface area (Å²) in [5.41, 5.74) is -0.245. The third-order valence-electron chi connectivity index (χ3n) is 4.20. The Balaban J connectivity index is 3.46. The van der Waals surface area contributed by atoms with Gasteiger partial charge in [-0.2, -0.15) is 0 Å². The van der Waals surface area contributed by atoms with Crippen molar-refractivity contribution in [3.05, 3.63) is 28.8 Å². The number of halogens is 4. The molecule has 0 aromatic heterocycles. The minimum atomic E-state index is -3.94. The molecule has 0 aliphatic heterocycles. The van der Waals surface area contributed by atoms with E-state index in [1.807, 2.05) is 0 Å². The molecule has 3 nitrogen and oxygen atoms in total. The lowest BCUT2D eigenvalue weighted by atomic mass is 10.0. The Morgan fingerprint density at radius 1 is 0.630 bits per heavy atom. The number of unbranched alkanes of at least 4 members (excludes halogenated alkanes) is 4. The van der Waals surface area contributed by atoms with Gasteiger partial charge in [-0.1, -0.05) is 32.6 Å². The third-order valence-corrected chi connectivity index (χ3v) is 7.34. The number of hydrogen-bond donors (Lipinski definition) is 0. The average Bonchev–Trinajstić information content (AvgIpc) is 2.64. The van der Waals surface area contributed by atoms with Gasteiger partial charge in [-0.05, 0) is 33.6 Å². The highest BCUT2D eigenvalue weighted by molar-refractivity contribution is 6.76. The fourth-order valence-corrected chi connectivity index (χ4v) is 5.85. The quantitative estimate of drug-likeness (QED) is 0.150. The first kappa shape index (κ1) is 24.1. The topological polar surface area (TPSA) is 27.7 Å². The van der Waals surface area contributed by atoms with E-state index in [1.165, 1.54) is 0 Å². The molecular weight excluding hydrogens is 380 g/mol. The summed E-state index contributed by atoms with van der Waals surface area (Å²) >= 11 is 0. The summed E-state index contributed by atoms with van der Waals surface area (Å²) in [6.07, 6.45) is 4.35. The Labute approximate surface area is 160 Å². The molecule has 0 heterocycles. The fourth-order valence-electron chi connectivity index (χ4n) is 3.05. The molecule has 1 rings (SSSR count).